The Kier molecular flexibility index (Phi) is 29.7. The van der Waals surface area contributed by atoms with E-state index < -0.39 is 104 Å². The summed E-state index contributed by atoms with van der Waals surface area (Å²) in [5.74, 6) is -2.04. The first kappa shape index (κ1) is 82.0. The normalized spacial score (nSPS) is 26.1. The van der Waals surface area contributed by atoms with E-state index >= 15 is 0 Å². The molecule has 0 bridgehead atoms. The number of anilines is 2. The molecule has 15 atom stereocenters. The van der Waals surface area contributed by atoms with E-state index in [2.05, 4.69) is 0 Å². The molecule has 102 heavy (non-hydrogen) atoms. The monoisotopic (exact) mass is 1410 g/mol. The van der Waals surface area contributed by atoms with Gasteiger partial charge in [-0.15, -0.1) is 0 Å². The van der Waals surface area contributed by atoms with E-state index in [0.717, 1.165) is 65.7 Å². The quantitative estimate of drug-likeness (QED) is 0.0221. The van der Waals surface area contributed by atoms with E-state index in [1.165, 1.54) is 38.1 Å². The molecule has 0 radical (unpaired) electrons. The van der Waals surface area contributed by atoms with Gasteiger partial charge < -0.3 is 94.8 Å². The van der Waals surface area contributed by atoms with Crippen LogP contribution in [0, 0.1) is 23.5 Å². The van der Waals surface area contributed by atoms with Crippen LogP contribution in [0.2, 0.25) is 0 Å². The number of aliphatic carboxylic acids is 1. The van der Waals surface area contributed by atoms with Crippen LogP contribution < -0.4 is 38.1 Å². The molecule has 0 saturated carbocycles. The number of nitrogens with zero attached hydrogens (tertiary/aromatic N) is 2. The number of halogens is 2. The average molecular weight is 1420 g/mol. The summed E-state index contributed by atoms with van der Waals surface area (Å²) < 4.78 is 59.4. The number of aliphatic hydroxyl groups is 9. The maximum absolute atomic E-state index is 13.7. The number of carbonyl (C=O) groups excluding carboxylic acids is 3. The Hall–Kier alpha value is -7.26. The van der Waals surface area contributed by atoms with Crippen LogP contribution in [0.1, 0.15) is 119 Å². The number of aryl methyl sites for hydroxylation is 2. The molecule has 6 aromatic carbocycles. The van der Waals surface area contributed by atoms with Gasteiger partial charge in [0.2, 0.25) is 11.8 Å². The second-order valence-corrected chi connectivity index (χ2v) is 26.9. The van der Waals surface area contributed by atoms with Gasteiger partial charge >= 0.3 is 30.8 Å². The fourth-order valence-corrected chi connectivity index (χ4v) is 13.1. The SMILES string of the molecule is CC(C)(Oc1ccc(N2C(=O)[C@H](CCCc3ccc(F)cc3)[C@H]2c2ccc(C[C@@H]3O[C@H](CO)[C@@H](O)[C@H](O)[C@H]3O)cc2)cc1)C(=O)O.CCOC(=O)C(C)(C)Oc1ccc(N2C(=O)[C@H](CCCc3ccc(F)cc3)[C@H]2c2ccc(C[C@@H]3O[C@H](CO)[C@@H](O)[C@H](O)[C@H]3O)cc2)cc1.OC1CCCO1.[Li+].[OH-]. The van der Waals surface area contributed by atoms with Gasteiger partial charge in [0.15, 0.2) is 17.5 Å². The third-order valence-electron chi connectivity index (χ3n) is 18.9. The minimum Gasteiger partial charge on any atom is -0.870 e. The Bertz CT molecular complexity index is 3620. The first-order chi connectivity index (χ1) is 47.7. The Balaban J connectivity index is 0.000000259. The molecule has 11 rings (SSSR count). The van der Waals surface area contributed by atoms with Crippen LogP contribution in [0.3, 0.4) is 0 Å². The number of esters is 1. The van der Waals surface area contributed by atoms with Crippen molar-refractivity contribution < 1.29 is 132 Å². The number of carbonyl (C=O) groups is 4. The van der Waals surface area contributed by atoms with Crippen molar-refractivity contribution in [2.24, 2.45) is 11.8 Å². The molecule has 0 spiro atoms. The van der Waals surface area contributed by atoms with E-state index in [0.29, 0.717) is 48.6 Å². The van der Waals surface area contributed by atoms with Crippen molar-refractivity contribution in [2.45, 2.75) is 189 Å². The molecular weight excluding hydrogens is 1320 g/mol. The maximum Gasteiger partial charge on any atom is 1.00 e. The summed E-state index contributed by atoms with van der Waals surface area (Å²) in [6, 6.07) is 41.0. The van der Waals surface area contributed by atoms with Gasteiger partial charge in [-0.25, -0.2) is 18.4 Å². The van der Waals surface area contributed by atoms with Gasteiger partial charge in [-0.1, -0.05) is 72.8 Å². The summed E-state index contributed by atoms with van der Waals surface area (Å²) in [7, 11) is 0. The molecule has 5 saturated heterocycles. The van der Waals surface area contributed by atoms with Crippen molar-refractivity contribution in [1.29, 1.82) is 0 Å². The molecule has 1 unspecified atom stereocenters. The molecule has 2 amide bonds. The van der Waals surface area contributed by atoms with Crippen molar-refractivity contribution in [1.82, 2.24) is 0 Å². The van der Waals surface area contributed by atoms with Gasteiger partial charge in [0.05, 0.1) is 55.9 Å². The number of aliphatic hydroxyl groups excluding tert-OH is 9. The van der Waals surface area contributed by atoms with Gasteiger partial charge in [-0.05, 0) is 186 Å². The fraction of sp³-hybridized carbons (Fsp3) is 0.474. The van der Waals surface area contributed by atoms with Crippen molar-refractivity contribution in [3.05, 3.63) is 191 Å². The fourth-order valence-electron chi connectivity index (χ4n) is 13.1. The zero-order valence-corrected chi connectivity index (χ0v) is 58.1. The Morgan fingerprint density at radius 3 is 1.21 bits per heavy atom. The first-order valence-corrected chi connectivity index (χ1v) is 33.9. The summed E-state index contributed by atoms with van der Waals surface area (Å²) >= 11 is 0. The number of benzene rings is 6. The molecule has 548 valence electrons. The van der Waals surface area contributed by atoms with E-state index in [-0.39, 0.29) is 91.2 Å². The summed E-state index contributed by atoms with van der Waals surface area (Å²) in [5.41, 5.74) is 4.05. The maximum atomic E-state index is 13.7. The van der Waals surface area contributed by atoms with Crippen molar-refractivity contribution in [3.63, 3.8) is 0 Å². The predicted molar refractivity (Wildman–Crippen MR) is 364 cm³/mol. The standard InChI is InChI=1S/C37H44FNO9.C35H40FNO9.C4H8O2.Li.H2O/c1-4-46-36(45)37(2,3)48-27-18-16-26(17-19-27)39-31(28(35(39)44)7-5-6-22-10-14-25(38)15-11-22)24-12-8-23(9-13-24)20-29-32(41)34(43)33(42)30(21-40)47-29;1-35(2,34(43)44)46-25-16-14-24(15-17-25)37-29(26(33(37)42)5-3-4-20-8-12-23(36)13-9-20)22-10-6-21(7-11-22)18-27-30(39)32(41)31(40)28(19-38)45-27;5-4-2-1-3-6-4;;/h8-19,28-34,40-43H,4-7,20-21H2,1-3H3;6-17,26-32,38-41H,3-5,18-19H2,1-2H3,(H,43,44);4-5H,1-3H2;;1H2/q;;;+1;/p-1/t28-,29+,30-,31-,32+,33-,34-;26-,27+,28-,29-,30+,31-,32-;;;/m11.../s1. The third kappa shape index (κ3) is 20.2. The molecule has 5 aliphatic heterocycles. The van der Waals surface area contributed by atoms with E-state index in [9.17, 15) is 73.9 Å². The zero-order valence-electron chi connectivity index (χ0n) is 58.1. The third-order valence-corrected chi connectivity index (χ3v) is 18.9. The Labute approximate surface area is 603 Å². The van der Waals surface area contributed by atoms with E-state index in [1.807, 2.05) is 48.5 Å². The molecule has 11 N–H and O–H groups in total. The number of carboxylic acids is 1. The molecule has 5 heterocycles. The molecule has 26 heteroatoms. The molecule has 6 aromatic rings. The van der Waals surface area contributed by atoms with Crippen LogP contribution in [0.5, 0.6) is 11.5 Å². The average Bonchev–Trinajstić information content (AvgIpc) is 0.936. The van der Waals surface area contributed by atoms with Gasteiger partial charge in [0, 0.05) is 37.2 Å². The van der Waals surface area contributed by atoms with Crippen molar-refractivity contribution in [3.8, 4) is 11.5 Å². The summed E-state index contributed by atoms with van der Waals surface area (Å²) in [6.45, 7) is 7.88. The van der Waals surface area contributed by atoms with Gasteiger partial charge in [0.25, 0.3) is 0 Å². The van der Waals surface area contributed by atoms with Crippen LogP contribution in [0.4, 0.5) is 20.2 Å². The first-order valence-electron chi connectivity index (χ1n) is 33.9. The van der Waals surface area contributed by atoms with E-state index in [4.69, 9.17) is 33.5 Å². The number of ether oxygens (including phenoxy) is 6. The van der Waals surface area contributed by atoms with Crippen LogP contribution in [0.15, 0.2) is 146 Å². The molecule has 0 aliphatic carbocycles. The topological polar surface area (TPSA) is 362 Å². The molecule has 5 aliphatic rings. The predicted octanol–water partition coefficient (Wildman–Crippen LogP) is 3.78. The van der Waals surface area contributed by atoms with Crippen molar-refractivity contribution in [2.75, 3.05) is 36.2 Å². The number of rotatable bonds is 25. The second kappa shape index (κ2) is 36.9. The van der Waals surface area contributed by atoms with Gasteiger partial charge in [-0.3, -0.25) is 9.59 Å². The Morgan fingerprint density at radius 2 is 0.882 bits per heavy atom. The van der Waals surface area contributed by atoms with Crippen LogP contribution in [-0.2, 0) is 63.8 Å². The molecular formula is C76H93F2LiN2O21. The summed E-state index contributed by atoms with van der Waals surface area (Å²) in [6.07, 6.45) is -6.12. The van der Waals surface area contributed by atoms with Crippen LogP contribution in [-0.4, -0.2) is 185 Å². The second-order valence-electron chi connectivity index (χ2n) is 26.9. The number of hydrogen-bond acceptors (Lipinski definition) is 20. The Morgan fingerprint density at radius 1 is 0.520 bits per heavy atom. The zero-order chi connectivity index (χ0) is 72.2. The van der Waals surface area contributed by atoms with Crippen molar-refractivity contribution >= 4 is 35.1 Å². The molecule has 23 nitrogen and oxygen atoms in total. The number of β-lactam (4-membered cyclic amide) rings is 2. The van der Waals surface area contributed by atoms with Gasteiger partial charge in [0.1, 0.15) is 72.0 Å². The summed E-state index contributed by atoms with van der Waals surface area (Å²) in [5, 5.41) is 98.5. The molecule has 0 aromatic heterocycles. The number of hydrogen-bond donors (Lipinski definition) is 10. The minimum absolute atomic E-state index is 0. The number of amides is 2. The van der Waals surface area contributed by atoms with Gasteiger partial charge in [-0.2, -0.15) is 0 Å². The summed E-state index contributed by atoms with van der Waals surface area (Å²) in [4.78, 5) is 54.5. The van der Waals surface area contributed by atoms with Crippen LogP contribution >= 0.6 is 0 Å². The largest absolute Gasteiger partial charge is 1.00 e. The molecule has 5 fully saturated rings. The smallest absolute Gasteiger partial charge is 0.870 e. The number of carboxylic acid groups (broad SMARTS) is 1. The van der Waals surface area contributed by atoms with E-state index in [1.54, 1.807) is 103 Å². The minimum atomic E-state index is -1.45. The van der Waals surface area contributed by atoms with Crippen LogP contribution in [0.25, 0.3) is 0 Å².